The van der Waals surface area contributed by atoms with Gasteiger partial charge in [-0.05, 0) is 39.8 Å². The van der Waals surface area contributed by atoms with Crippen LogP contribution in [0.5, 0.6) is 23.0 Å². The first kappa shape index (κ1) is 23.0. The zero-order valence-electron chi connectivity index (χ0n) is 18.7. The average molecular weight is 437 g/mol. The third-order valence-corrected chi connectivity index (χ3v) is 5.38. The van der Waals surface area contributed by atoms with Gasteiger partial charge < -0.3 is 20.4 Å². The van der Waals surface area contributed by atoms with Gasteiger partial charge in [0.05, 0.1) is 26.2 Å². The zero-order chi connectivity index (χ0) is 23.4. The molecule has 4 N–H and O–H groups in total. The van der Waals surface area contributed by atoms with Crippen LogP contribution < -0.4 is 0 Å². The number of phenols is 4. The van der Waals surface area contributed by atoms with E-state index in [-0.39, 0.29) is 23.0 Å². The fourth-order valence-electron chi connectivity index (χ4n) is 3.53. The molecule has 0 amide bonds. The molecule has 8 nitrogen and oxygen atoms in total. The largest absolute Gasteiger partial charge is 0.507 e. The molecule has 0 aliphatic carbocycles. The zero-order valence-corrected chi connectivity index (χ0v) is 18.7. The maximum Gasteiger partial charge on any atom is 0.128 e. The van der Waals surface area contributed by atoms with E-state index in [1.807, 2.05) is 0 Å². The Kier molecular flexibility index (Phi) is 6.92. The van der Waals surface area contributed by atoms with Crippen LogP contribution in [-0.2, 0) is 0 Å². The second-order valence-corrected chi connectivity index (χ2v) is 7.64. The summed E-state index contributed by atoms with van der Waals surface area (Å²) in [5, 5.41) is 41.2. The Morgan fingerprint density at radius 1 is 0.438 bits per heavy atom. The van der Waals surface area contributed by atoms with Crippen LogP contribution in [0.2, 0.25) is 0 Å². The monoisotopic (exact) mass is 436 g/mol. The molecule has 0 spiro atoms. The lowest BCUT2D eigenvalue weighted by molar-refractivity contribution is 0.448. The first-order chi connectivity index (χ1) is 15.2. The number of aromatic hydroxyl groups is 4. The van der Waals surface area contributed by atoms with Gasteiger partial charge in [-0.1, -0.05) is 0 Å². The second kappa shape index (κ2) is 9.64. The van der Waals surface area contributed by atoms with Crippen molar-refractivity contribution in [1.82, 2.24) is 0 Å². The van der Waals surface area contributed by atoms with E-state index in [1.165, 1.54) is 12.1 Å². The number of rotatable bonds is 0. The van der Waals surface area contributed by atoms with Crippen molar-refractivity contribution in [2.24, 2.45) is 20.0 Å². The molecule has 0 unspecified atom stereocenters. The molecule has 1 heterocycles. The average Bonchev–Trinajstić information content (AvgIpc) is 2.73. The number of fused-ring (bicyclic) bond motifs is 4. The molecule has 0 saturated heterocycles. The van der Waals surface area contributed by atoms with Crippen LogP contribution in [-0.4, -0.2) is 69.5 Å². The molecule has 0 saturated carbocycles. The summed E-state index contributed by atoms with van der Waals surface area (Å²) in [5.74, 6) is -0.236. The summed E-state index contributed by atoms with van der Waals surface area (Å²) in [6, 6.07) is 5.94. The van der Waals surface area contributed by atoms with Gasteiger partial charge in [-0.2, -0.15) is 0 Å². The number of aliphatic imine (C=N–C) groups is 4. The molecule has 2 aromatic rings. The molecule has 0 fully saturated rings. The normalized spacial score (nSPS) is 15.6. The highest BCUT2D eigenvalue weighted by molar-refractivity contribution is 6.08. The topological polar surface area (TPSA) is 130 Å². The van der Waals surface area contributed by atoms with Gasteiger partial charge in [0, 0.05) is 57.2 Å². The Bertz CT molecular complexity index is 989. The van der Waals surface area contributed by atoms with Gasteiger partial charge >= 0.3 is 0 Å². The van der Waals surface area contributed by atoms with Crippen LogP contribution in [0.15, 0.2) is 44.2 Å². The first-order valence-electron chi connectivity index (χ1n) is 10.4. The number of hydrogen-bond acceptors (Lipinski definition) is 8. The van der Waals surface area contributed by atoms with Crippen LogP contribution in [0.1, 0.15) is 49.9 Å². The van der Waals surface area contributed by atoms with Crippen molar-refractivity contribution in [1.29, 1.82) is 0 Å². The fraction of sp³-hybridized carbons (Fsp3) is 0.333. The molecular formula is C24H28N4O4. The van der Waals surface area contributed by atoms with E-state index in [1.54, 1.807) is 39.8 Å². The van der Waals surface area contributed by atoms with Crippen LogP contribution in [0.25, 0.3) is 0 Å². The van der Waals surface area contributed by atoms with E-state index in [9.17, 15) is 20.4 Å². The summed E-state index contributed by atoms with van der Waals surface area (Å²) >= 11 is 0. The molecule has 1 aliphatic rings. The van der Waals surface area contributed by atoms with Gasteiger partial charge in [-0.25, -0.2) is 0 Å². The lowest BCUT2D eigenvalue weighted by atomic mass is 10.0. The van der Waals surface area contributed by atoms with Crippen molar-refractivity contribution in [2.75, 3.05) is 26.2 Å². The van der Waals surface area contributed by atoms with E-state index in [4.69, 9.17) is 0 Å². The van der Waals surface area contributed by atoms with Gasteiger partial charge in [0.25, 0.3) is 0 Å². The van der Waals surface area contributed by atoms with Gasteiger partial charge in [-0.15, -0.1) is 0 Å². The minimum Gasteiger partial charge on any atom is -0.507 e. The Hall–Kier alpha value is -3.68. The fourth-order valence-corrected chi connectivity index (χ4v) is 3.53. The molecular weight excluding hydrogens is 408 g/mol. The number of phenolic OH excluding ortho intramolecular Hbond substituents is 4. The molecule has 3 rings (SSSR count). The maximum atomic E-state index is 10.3. The van der Waals surface area contributed by atoms with Gasteiger partial charge in [-0.3, -0.25) is 20.0 Å². The summed E-state index contributed by atoms with van der Waals surface area (Å²) in [6.45, 7) is 8.63. The van der Waals surface area contributed by atoms with Crippen LogP contribution in [0.4, 0.5) is 0 Å². The minimum absolute atomic E-state index is 0.0591. The van der Waals surface area contributed by atoms with E-state index in [0.29, 0.717) is 71.3 Å². The van der Waals surface area contributed by atoms with Crippen molar-refractivity contribution < 1.29 is 20.4 Å². The van der Waals surface area contributed by atoms with Crippen LogP contribution in [0, 0.1) is 0 Å². The Balaban J connectivity index is 2.08. The predicted molar refractivity (Wildman–Crippen MR) is 128 cm³/mol. The highest BCUT2D eigenvalue weighted by Crippen LogP contribution is 2.30. The van der Waals surface area contributed by atoms with Crippen molar-refractivity contribution >= 4 is 22.8 Å². The molecule has 0 aromatic heterocycles. The van der Waals surface area contributed by atoms with Crippen LogP contribution in [0.3, 0.4) is 0 Å². The quantitative estimate of drug-likeness (QED) is 0.504. The molecule has 4 bridgehead atoms. The lowest BCUT2D eigenvalue weighted by Crippen LogP contribution is -2.06. The third kappa shape index (κ3) is 4.96. The van der Waals surface area contributed by atoms with Gasteiger partial charge in [0.2, 0.25) is 0 Å². The van der Waals surface area contributed by atoms with E-state index in [2.05, 4.69) is 20.0 Å². The first-order valence-corrected chi connectivity index (χ1v) is 10.4. The SMILES string of the molecule is CC1=NCCN=C(C)c2cc(c(O)cc2O)C(C)=NCCN=C(C)c2cc1c(O)cc2O. The summed E-state index contributed by atoms with van der Waals surface area (Å²) in [6.07, 6.45) is 0. The molecule has 1 aliphatic heterocycles. The molecule has 168 valence electrons. The maximum absolute atomic E-state index is 10.3. The van der Waals surface area contributed by atoms with Crippen LogP contribution >= 0.6 is 0 Å². The summed E-state index contributed by atoms with van der Waals surface area (Å²) in [5.41, 5.74) is 4.52. The van der Waals surface area contributed by atoms with E-state index in [0.717, 1.165) is 0 Å². The van der Waals surface area contributed by atoms with E-state index < -0.39 is 0 Å². The number of benzene rings is 2. The van der Waals surface area contributed by atoms with Gasteiger partial charge in [0.1, 0.15) is 23.0 Å². The summed E-state index contributed by atoms with van der Waals surface area (Å²) in [4.78, 5) is 18.0. The highest BCUT2D eigenvalue weighted by atomic mass is 16.3. The van der Waals surface area contributed by atoms with Gasteiger partial charge in [0.15, 0.2) is 0 Å². The van der Waals surface area contributed by atoms with Crippen molar-refractivity contribution in [3.63, 3.8) is 0 Å². The lowest BCUT2D eigenvalue weighted by Gasteiger charge is -2.12. The highest BCUT2D eigenvalue weighted by Gasteiger charge is 2.15. The molecule has 32 heavy (non-hydrogen) atoms. The molecule has 0 radical (unpaired) electrons. The molecule has 0 atom stereocenters. The van der Waals surface area contributed by atoms with Crippen molar-refractivity contribution in [3.05, 3.63) is 46.5 Å². The van der Waals surface area contributed by atoms with E-state index >= 15 is 0 Å². The predicted octanol–water partition coefficient (Wildman–Crippen LogP) is 3.46. The van der Waals surface area contributed by atoms with Crippen molar-refractivity contribution in [2.45, 2.75) is 27.7 Å². The third-order valence-electron chi connectivity index (χ3n) is 5.38. The standard InChI is InChI=1S/C24H28N4O4/c1-13-17-9-18(22(30)11-21(17)29)14(2)27-7-8-28-16(4)20-10-19(23(31)12-24(20)32)15(3)26-6-5-25-13/h9-12,29-32H,5-8H2,1-4H3. The molecule has 8 heteroatoms. The smallest absolute Gasteiger partial charge is 0.128 e. The second-order valence-electron chi connectivity index (χ2n) is 7.64. The summed E-state index contributed by atoms with van der Waals surface area (Å²) < 4.78 is 0. The van der Waals surface area contributed by atoms with Crippen molar-refractivity contribution in [3.8, 4) is 23.0 Å². The Labute approximate surface area is 187 Å². The Morgan fingerprint density at radius 2 is 0.656 bits per heavy atom. The number of hydrogen-bond donors (Lipinski definition) is 4. The minimum atomic E-state index is -0.0591. The summed E-state index contributed by atoms with van der Waals surface area (Å²) in [7, 11) is 0. The number of nitrogens with zero attached hydrogens (tertiary/aromatic N) is 4. The molecule has 2 aromatic carbocycles. The Morgan fingerprint density at radius 3 is 0.875 bits per heavy atom.